The van der Waals surface area contributed by atoms with Gasteiger partial charge < -0.3 is 4.90 Å². The zero-order chi connectivity index (χ0) is 13.2. The molecule has 2 nitrogen and oxygen atoms in total. The van der Waals surface area contributed by atoms with Gasteiger partial charge in [-0.05, 0) is 24.1 Å². The zero-order valence-electron chi connectivity index (χ0n) is 11.6. The van der Waals surface area contributed by atoms with E-state index < -0.39 is 0 Å². The lowest BCUT2D eigenvalue weighted by Gasteiger charge is -2.36. The van der Waals surface area contributed by atoms with Crippen LogP contribution in [0.2, 0.25) is 0 Å². The summed E-state index contributed by atoms with van der Waals surface area (Å²) in [4.78, 5) is 4.81. The molecular formula is C17H20N2. The Balaban J connectivity index is 1.76. The van der Waals surface area contributed by atoms with Crippen molar-refractivity contribution in [1.82, 2.24) is 4.90 Å². The van der Waals surface area contributed by atoms with Crippen LogP contribution in [0.5, 0.6) is 0 Å². The first-order valence-electron chi connectivity index (χ1n) is 6.79. The van der Waals surface area contributed by atoms with Crippen molar-refractivity contribution in [3.63, 3.8) is 0 Å². The predicted octanol–water partition coefficient (Wildman–Crippen LogP) is 3.40. The summed E-state index contributed by atoms with van der Waals surface area (Å²) in [5.41, 5.74) is 5.49. The number of nitrogens with zero attached hydrogens (tertiary/aromatic N) is 2. The van der Waals surface area contributed by atoms with Crippen molar-refractivity contribution in [2.45, 2.75) is 20.0 Å². The van der Waals surface area contributed by atoms with Gasteiger partial charge in [-0.15, -0.1) is 0 Å². The van der Waals surface area contributed by atoms with Gasteiger partial charge in [0.2, 0.25) is 0 Å². The molecule has 3 rings (SSSR count). The van der Waals surface area contributed by atoms with Crippen LogP contribution in [0.4, 0.5) is 5.69 Å². The van der Waals surface area contributed by atoms with Gasteiger partial charge in [0, 0.05) is 25.8 Å². The first-order chi connectivity index (χ1) is 9.22. The summed E-state index contributed by atoms with van der Waals surface area (Å²) in [6.07, 6.45) is 0. The number of rotatable bonds is 2. The van der Waals surface area contributed by atoms with Gasteiger partial charge in [-0.25, -0.2) is 0 Å². The molecule has 98 valence electrons. The molecule has 0 radical (unpaired) electrons. The molecule has 0 saturated carbocycles. The second-order valence-corrected chi connectivity index (χ2v) is 5.44. The normalized spacial score (nSPS) is 15.4. The van der Waals surface area contributed by atoms with E-state index in [0.29, 0.717) is 0 Å². The number of fused-ring (bicyclic) bond motifs is 1. The highest BCUT2D eigenvalue weighted by Gasteiger charge is 2.19. The van der Waals surface area contributed by atoms with Gasteiger partial charge in [-0.2, -0.15) is 0 Å². The van der Waals surface area contributed by atoms with E-state index in [1.165, 1.54) is 22.4 Å². The molecule has 0 saturated heterocycles. The van der Waals surface area contributed by atoms with Crippen LogP contribution in [0.25, 0.3) is 0 Å². The summed E-state index contributed by atoms with van der Waals surface area (Å²) in [6.45, 7) is 5.17. The minimum atomic E-state index is 0.991. The van der Waals surface area contributed by atoms with Crippen LogP contribution in [-0.2, 0) is 13.1 Å². The quantitative estimate of drug-likeness (QED) is 0.808. The Hall–Kier alpha value is -1.80. The van der Waals surface area contributed by atoms with Crippen LogP contribution >= 0.6 is 0 Å². The average molecular weight is 252 g/mol. The lowest BCUT2D eigenvalue weighted by molar-refractivity contribution is 0.248. The molecule has 0 amide bonds. The summed E-state index contributed by atoms with van der Waals surface area (Å²) < 4.78 is 0. The highest BCUT2D eigenvalue weighted by Crippen LogP contribution is 2.26. The monoisotopic (exact) mass is 252 g/mol. The molecule has 1 heterocycles. The number of aryl methyl sites for hydroxylation is 1. The van der Waals surface area contributed by atoms with Gasteiger partial charge in [0.25, 0.3) is 0 Å². The van der Waals surface area contributed by atoms with Gasteiger partial charge in [0.15, 0.2) is 0 Å². The van der Waals surface area contributed by atoms with Crippen molar-refractivity contribution in [2.24, 2.45) is 0 Å². The number of hydrogen-bond donors (Lipinski definition) is 0. The minimum Gasteiger partial charge on any atom is -0.361 e. The molecule has 19 heavy (non-hydrogen) atoms. The van der Waals surface area contributed by atoms with Gasteiger partial charge in [-0.1, -0.05) is 48.0 Å². The van der Waals surface area contributed by atoms with Crippen molar-refractivity contribution in [1.29, 1.82) is 0 Å². The maximum absolute atomic E-state index is 2.48. The second-order valence-electron chi connectivity index (χ2n) is 5.44. The fourth-order valence-electron chi connectivity index (χ4n) is 2.74. The molecule has 0 atom stereocenters. The maximum atomic E-state index is 2.48. The van der Waals surface area contributed by atoms with Crippen molar-refractivity contribution < 1.29 is 0 Å². The maximum Gasteiger partial charge on any atom is 0.0709 e. The Kier molecular flexibility index (Phi) is 3.26. The molecule has 0 aliphatic carbocycles. The minimum absolute atomic E-state index is 0.991. The third kappa shape index (κ3) is 2.64. The molecule has 0 fully saturated rings. The Bertz CT molecular complexity index is 560. The molecular weight excluding hydrogens is 232 g/mol. The van der Waals surface area contributed by atoms with Crippen LogP contribution in [0.3, 0.4) is 0 Å². The summed E-state index contributed by atoms with van der Waals surface area (Å²) in [6, 6.07) is 17.5. The first-order valence-corrected chi connectivity index (χ1v) is 6.79. The fourth-order valence-corrected chi connectivity index (χ4v) is 2.74. The van der Waals surface area contributed by atoms with Gasteiger partial charge in [-0.3, -0.25) is 4.90 Å². The van der Waals surface area contributed by atoms with Crippen LogP contribution in [0.15, 0.2) is 48.5 Å². The molecule has 1 aliphatic heterocycles. The summed E-state index contributed by atoms with van der Waals surface area (Å²) in [5.74, 6) is 0. The van der Waals surface area contributed by atoms with Crippen molar-refractivity contribution in [2.75, 3.05) is 18.6 Å². The third-order valence-electron chi connectivity index (χ3n) is 3.74. The van der Waals surface area contributed by atoms with E-state index in [-0.39, 0.29) is 0 Å². The summed E-state index contributed by atoms with van der Waals surface area (Å²) >= 11 is 0. The van der Waals surface area contributed by atoms with Crippen molar-refractivity contribution >= 4 is 5.69 Å². The summed E-state index contributed by atoms with van der Waals surface area (Å²) in [7, 11) is 2.17. The average Bonchev–Trinajstić information content (AvgIpc) is 2.42. The highest BCUT2D eigenvalue weighted by atomic mass is 15.3. The highest BCUT2D eigenvalue weighted by molar-refractivity contribution is 5.54. The van der Waals surface area contributed by atoms with E-state index in [1.54, 1.807) is 0 Å². The van der Waals surface area contributed by atoms with Crippen LogP contribution in [0.1, 0.15) is 16.7 Å². The first kappa shape index (κ1) is 12.2. The Morgan fingerprint density at radius 2 is 1.74 bits per heavy atom. The van der Waals surface area contributed by atoms with Gasteiger partial charge >= 0.3 is 0 Å². The molecule has 2 aromatic carbocycles. The van der Waals surface area contributed by atoms with E-state index in [1.807, 2.05) is 0 Å². The number of para-hydroxylation sites is 1. The van der Waals surface area contributed by atoms with Crippen molar-refractivity contribution in [3.8, 4) is 0 Å². The van der Waals surface area contributed by atoms with Gasteiger partial charge in [0.1, 0.15) is 0 Å². The zero-order valence-corrected chi connectivity index (χ0v) is 11.6. The van der Waals surface area contributed by atoms with Crippen LogP contribution < -0.4 is 4.90 Å². The van der Waals surface area contributed by atoms with Crippen LogP contribution in [-0.4, -0.2) is 18.6 Å². The largest absolute Gasteiger partial charge is 0.361 e. The molecule has 0 unspecified atom stereocenters. The fraction of sp³-hybridized carbons (Fsp3) is 0.294. The molecule has 0 N–H and O–H groups in total. The summed E-state index contributed by atoms with van der Waals surface area (Å²) in [5, 5.41) is 0. The molecule has 0 spiro atoms. The van der Waals surface area contributed by atoms with E-state index in [0.717, 1.165) is 19.8 Å². The molecule has 0 bridgehead atoms. The number of benzene rings is 2. The predicted molar refractivity (Wildman–Crippen MR) is 80.1 cm³/mol. The Labute approximate surface area is 115 Å². The topological polar surface area (TPSA) is 6.48 Å². The Morgan fingerprint density at radius 3 is 2.53 bits per heavy atom. The SMILES string of the molecule is Cc1ccc(CN2Cc3ccccc3N(C)C2)cc1. The Morgan fingerprint density at radius 1 is 1.00 bits per heavy atom. The smallest absolute Gasteiger partial charge is 0.0709 e. The lowest BCUT2D eigenvalue weighted by Crippen LogP contribution is -2.39. The lowest BCUT2D eigenvalue weighted by atomic mass is 10.1. The second kappa shape index (κ2) is 5.06. The number of hydrogen-bond acceptors (Lipinski definition) is 2. The molecule has 1 aliphatic rings. The van der Waals surface area contributed by atoms with E-state index >= 15 is 0 Å². The van der Waals surface area contributed by atoms with Crippen LogP contribution in [0, 0.1) is 6.92 Å². The molecule has 0 aromatic heterocycles. The van der Waals surface area contributed by atoms with E-state index in [4.69, 9.17) is 0 Å². The van der Waals surface area contributed by atoms with Crippen molar-refractivity contribution in [3.05, 3.63) is 65.2 Å². The van der Waals surface area contributed by atoms with Gasteiger partial charge in [0.05, 0.1) is 6.67 Å². The third-order valence-corrected chi connectivity index (χ3v) is 3.74. The standard InChI is InChI=1S/C17H20N2/c1-14-7-9-15(10-8-14)11-19-12-16-5-3-4-6-17(16)18(2)13-19/h3-10H,11-13H2,1-2H3. The number of anilines is 1. The molecule has 2 aromatic rings. The molecule has 2 heteroatoms. The van der Waals surface area contributed by atoms with E-state index in [2.05, 4.69) is 72.3 Å². The van der Waals surface area contributed by atoms with E-state index in [9.17, 15) is 0 Å².